The number of thioether (sulfide) groups is 1. The number of carbonyl (C=O) groups is 4. The molecule has 1 aliphatic heterocycles. The van der Waals surface area contributed by atoms with Gasteiger partial charge in [0.1, 0.15) is 6.04 Å². The molecule has 0 saturated carbocycles. The molecule has 26 heavy (non-hydrogen) atoms. The van der Waals surface area contributed by atoms with Crippen LogP contribution in [0.2, 0.25) is 0 Å². The molecule has 0 aromatic carbocycles. The van der Waals surface area contributed by atoms with Crippen molar-refractivity contribution in [3.8, 4) is 0 Å². The van der Waals surface area contributed by atoms with E-state index in [2.05, 4.69) is 10.6 Å². The molecule has 0 bridgehead atoms. The largest absolute Gasteiger partial charge is 0.480 e. The first-order valence-electron chi connectivity index (χ1n) is 7.49. The van der Waals surface area contributed by atoms with Gasteiger partial charge in [-0.15, -0.1) is 11.8 Å². The summed E-state index contributed by atoms with van der Waals surface area (Å²) in [6, 6.07) is -1.02. The van der Waals surface area contributed by atoms with E-state index in [9.17, 15) is 34.5 Å². The Bertz CT molecular complexity index is 720. The standard InChI is InChI=1S/C15H18N2O7S2/c1-15(2)9(14(23)24)17-11(26-15)8(13(21)22)16-10(18)7(12(19)20)6-3-4-25-5-6/h3-5,7-9,11,17H,1-2H3,(H,16,18)(H,19,20)(H,21,22)(H,23,24)/t7?,8?,9-,11?/m0/s1. The Morgan fingerprint density at radius 2 is 1.85 bits per heavy atom. The van der Waals surface area contributed by atoms with E-state index in [0.717, 1.165) is 11.8 Å². The van der Waals surface area contributed by atoms with E-state index >= 15 is 0 Å². The number of aliphatic carboxylic acids is 3. The van der Waals surface area contributed by atoms with E-state index in [1.165, 1.54) is 22.8 Å². The molecular weight excluding hydrogens is 384 g/mol. The fourth-order valence-electron chi connectivity index (χ4n) is 2.68. The van der Waals surface area contributed by atoms with E-state index in [4.69, 9.17) is 0 Å². The highest BCUT2D eigenvalue weighted by Crippen LogP contribution is 2.39. The second kappa shape index (κ2) is 7.64. The minimum Gasteiger partial charge on any atom is -0.480 e. The molecule has 0 radical (unpaired) electrons. The van der Waals surface area contributed by atoms with E-state index in [1.54, 1.807) is 19.2 Å². The second-order valence-electron chi connectivity index (χ2n) is 6.23. The van der Waals surface area contributed by atoms with Crippen molar-refractivity contribution in [3.05, 3.63) is 22.4 Å². The van der Waals surface area contributed by atoms with Crippen LogP contribution in [0.1, 0.15) is 25.3 Å². The fourth-order valence-corrected chi connectivity index (χ4v) is 4.85. The Morgan fingerprint density at radius 3 is 2.27 bits per heavy atom. The van der Waals surface area contributed by atoms with Crippen molar-refractivity contribution < 1.29 is 34.5 Å². The molecule has 142 valence electrons. The number of carboxylic acid groups (broad SMARTS) is 3. The monoisotopic (exact) mass is 402 g/mol. The van der Waals surface area contributed by atoms with E-state index in [0.29, 0.717) is 0 Å². The van der Waals surface area contributed by atoms with Gasteiger partial charge in [-0.2, -0.15) is 11.3 Å². The lowest BCUT2D eigenvalue weighted by molar-refractivity contribution is -0.147. The first-order valence-corrected chi connectivity index (χ1v) is 9.31. The molecule has 11 heteroatoms. The van der Waals surface area contributed by atoms with Crippen molar-refractivity contribution >= 4 is 46.9 Å². The minimum atomic E-state index is -1.54. The number of nitrogens with one attached hydrogen (secondary N) is 2. The third-order valence-corrected chi connectivity index (χ3v) is 6.16. The third kappa shape index (κ3) is 4.17. The van der Waals surface area contributed by atoms with Crippen molar-refractivity contribution in [2.24, 2.45) is 0 Å². The first-order chi connectivity index (χ1) is 12.0. The molecule has 1 aliphatic rings. The maximum Gasteiger partial charge on any atom is 0.328 e. The number of carboxylic acids is 3. The van der Waals surface area contributed by atoms with Crippen LogP contribution < -0.4 is 10.6 Å². The summed E-state index contributed by atoms with van der Waals surface area (Å²) in [5, 5.41) is 35.2. The smallest absolute Gasteiger partial charge is 0.328 e. The number of hydrogen-bond donors (Lipinski definition) is 5. The summed E-state index contributed by atoms with van der Waals surface area (Å²) in [6.07, 6.45) is 0. The van der Waals surface area contributed by atoms with Gasteiger partial charge in [0.25, 0.3) is 0 Å². The van der Waals surface area contributed by atoms with Crippen LogP contribution in [-0.2, 0) is 19.2 Å². The molecule has 2 rings (SSSR count). The average Bonchev–Trinajstić information content (AvgIpc) is 3.11. The van der Waals surface area contributed by atoms with Crippen LogP contribution in [0.15, 0.2) is 16.8 Å². The van der Waals surface area contributed by atoms with E-state index < -0.39 is 51.9 Å². The molecule has 4 atom stereocenters. The summed E-state index contributed by atoms with van der Waals surface area (Å²) in [7, 11) is 0. The first kappa shape index (κ1) is 20.2. The number of thiophene rings is 1. The number of hydrogen-bond acceptors (Lipinski definition) is 7. The zero-order valence-electron chi connectivity index (χ0n) is 13.8. The zero-order valence-corrected chi connectivity index (χ0v) is 15.5. The van der Waals surface area contributed by atoms with Gasteiger partial charge >= 0.3 is 17.9 Å². The lowest BCUT2D eigenvalue weighted by Gasteiger charge is -2.23. The third-order valence-electron chi connectivity index (χ3n) is 3.96. The van der Waals surface area contributed by atoms with Crippen LogP contribution in [0, 0.1) is 0 Å². The summed E-state index contributed by atoms with van der Waals surface area (Å²) in [4.78, 5) is 46.9. The average molecular weight is 402 g/mol. The molecule has 1 amide bonds. The molecule has 1 aromatic rings. The van der Waals surface area contributed by atoms with Crippen molar-refractivity contribution in [1.82, 2.24) is 10.6 Å². The highest BCUT2D eigenvalue weighted by molar-refractivity contribution is 8.01. The van der Waals surface area contributed by atoms with Gasteiger partial charge in [-0.1, -0.05) is 0 Å². The lowest BCUT2D eigenvalue weighted by Crippen LogP contribution is -2.55. The minimum absolute atomic E-state index is 0.250. The van der Waals surface area contributed by atoms with Gasteiger partial charge in [-0.3, -0.25) is 19.7 Å². The van der Waals surface area contributed by atoms with E-state index in [-0.39, 0.29) is 5.56 Å². The highest BCUT2D eigenvalue weighted by atomic mass is 32.2. The van der Waals surface area contributed by atoms with Crippen LogP contribution in [0.5, 0.6) is 0 Å². The van der Waals surface area contributed by atoms with Crippen LogP contribution >= 0.6 is 23.1 Å². The van der Waals surface area contributed by atoms with Gasteiger partial charge in [0.15, 0.2) is 12.0 Å². The summed E-state index contributed by atoms with van der Waals surface area (Å²) in [5.41, 5.74) is 0.250. The fraction of sp³-hybridized carbons (Fsp3) is 0.467. The Kier molecular flexibility index (Phi) is 5.94. The summed E-state index contributed by atoms with van der Waals surface area (Å²) in [6.45, 7) is 3.30. The quantitative estimate of drug-likeness (QED) is 0.407. The second-order valence-corrected chi connectivity index (χ2v) is 8.81. The number of rotatable bonds is 7. The molecule has 5 N–H and O–H groups in total. The molecule has 1 fully saturated rings. The molecule has 1 saturated heterocycles. The van der Waals surface area contributed by atoms with Gasteiger partial charge in [0, 0.05) is 4.75 Å². The molecule has 9 nitrogen and oxygen atoms in total. The molecule has 0 spiro atoms. The van der Waals surface area contributed by atoms with Crippen LogP contribution in [0.4, 0.5) is 0 Å². The van der Waals surface area contributed by atoms with Crippen molar-refractivity contribution in [3.63, 3.8) is 0 Å². The van der Waals surface area contributed by atoms with Crippen molar-refractivity contribution in [1.29, 1.82) is 0 Å². The molecule has 2 heterocycles. The maximum absolute atomic E-state index is 12.4. The van der Waals surface area contributed by atoms with E-state index in [1.807, 2.05) is 0 Å². The summed E-state index contributed by atoms with van der Waals surface area (Å²) in [5.74, 6) is -6.44. The predicted molar refractivity (Wildman–Crippen MR) is 94.3 cm³/mol. The molecule has 1 aromatic heterocycles. The lowest BCUT2D eigenvalue weighted by atomic mass is 10.0. The topological polar surface area (TPSA) is 153 Å². The molecule has 0 aliphatic carbocycles. The molecule has 3 unspecified atom stereocenters. The number of carbonyl (C=O) groups excluding carboxylic acids is 1. The normalized spacial score (nSPS) is 23.8. The molecular formula is C15H18N2O7S2. The van der Waals surface area contributed by atoms with Gasteiger partial charge < -0.3 is 20.6 Å². The van der Waals surface area contributed by atoms with Gasteiger partial charge in [-0.25, -0.2) is 4.79 Å². The maximum atomic E-state index is 12.4. The Labute approximate surface area is 156 Å². The number of amides is 1. The zero-order chi connectivity index (χ0) is 19.6. The summed E-state index contributed by atoms with van der Waals surface area (Å²) < 4.78 is -0.811. The van der Waals surface area contributed by atoms with Crippen molar-refractivity contribution in [2.45, 2.75) is 42.0 Å². The Balaban J connectivity index is 2.21. The summed E-state index contributed by atoms with van der Waals surface area (Å²) >= 11 is 2.28. The SMILES string of the molecule is CC1(C)SC(C(NC(=O)C(C(=O)O)c2ccsc2)C(=O)O)N[C@H]1C(=O)O. The van der Waals surface area contributed by atoms with Gasteiger partial charge in [0.2, 0.25) is 5.91 Å². The highest BCUT2D eigenvalue weighted by Gasteiger charge is 2.49. The van der Waals surface area contributed by atoms with Gasteiger partial charge in [0.05, 0.1) is 5.37 Å². The predicted octanol–water partition coefficient (Wildman–Crippen LogP) is 0.380. The van der Waals surface area contributed by atoms with Crippen molar-refractivity contribution in [2.75, 3.05) is 0 Å². The van der Waals surface area contributed by atoms with Crippen LogP contribution in [0.25, 0.3) is 0 Å². The van der Waals surface area contributed by atoms with Crippen LogP contribution in [-0.4, -0.2) is 61.3 Å². The van der Waals surface area contributed by atoms with Crippen LogP contribution in [0.3, 0.4) is 0 Å². The Morgan fingerprint density at radius 1 is 1.19 bits per heavy atom. The van der Waals surface area contributed by atoms with Gasteiger partial charge in [-0.05, 0) is 36.2 Å². The Hall–Kier alpha value is -2.11.